The van der Waals surface area contributed by atoms with E-state index >= 15 is 0 Å². The first kappa shape index (κ1) is 17.8. The first-order valence-corrected chi connectivity index (χ1v) is 8.69. The minimum atomic E-state index is -0.0910. The van der Waals surface area contributed by atoms with E-state index in [0.717, 1.165) is 30.2 Å². The fourth-order valence-corrected chi connectivity index (χ4v) is 2.90. The van der Waals surface area contributed by atoms with Crippen LogP contribution in [0.25, 0.3) is 0 Å². The Morgan fingerprint density at radius 3 is 2.52 bits per heavy atom. The number of amidine groups is 1. The molecule has 2 rings (SSSR count). The molecule has 0 bridgehead atoms. The average molecular weight is 317 g/mol. The molecule has 0 unspecified atom stereocenters. The number of para-hydroxylation sites is 2. The Morgan fingerprint density at radius 2 is 1.87 bits per heavy atom. The summed E-state index contributed by atoms with van der Waals surface area (Å²) in [5.74, 6) is 1.89. The van der Waals surface area contributed by atoms with E-state index in [9.17, 15) is 0 Å². The second-order valence-electron chi connectivity index (χ2n) is 7.21. The first-order valence-electron chi connectivity index (χ1n) is 8.69. The van der Waals surface area contributed by atoms with Gasteiger partial charge in [-0.3, -0.25) is 4.99 Å². The Kier molecular flexibility index (Phi) is 6.46. The Bertz CT molecular complexity index is 514. The molecule has 1 saturated heterocycles. The van der Waals surface area contributed by atoms with Gasteiger partial charge in [0.15, 0.2) is 0 Å². The van der Waals surface area contributed by atoms with Gasteiger partial charge in [0.2, 0.25) is 0 Å². The van der Waals surface area contributed by atoms with Crippen molar-refractivity contribution in [2.24, 2.45) is 4.99 Å². The van der Waals surface area contributed by atoms with E-state index in [1.807, 2.05) is 24.3 Å². The predicted octanol–water partition coefficient (Wildman–Crippen LogP) is 4.18. The van der Waals surface area contributed by atoms with Crippen LogP contribution < -0.4 is 10.1 Å². The van der Waals surface area contributed by atoms with Gasteiger partial charge in [-0.2, -0.15) is 0 Å². The Balaban J connectivity index is 2.06. The normalized spacial score (nSPS) is 17.1. The number of nitrogens with one attached hydrogen (secondary N) is 1. The summed E-state index contributed by atoms with van der Waals surface area (Å²) in [4.78, 5) is 7.43. The third-order valence-corrected chi connectivity index (χ3v) is 3.97. The number of anilines is 1. The van der Waals surface area contributed by atoms with Crippen molar-refractivity contribution in [1.82, 2.24) is 4.90 Å². The number of rotatable bonds is 5. The lowest BCUT2D eigenvalue weighted by atomic mass is 10.1. The van der Waals surface area contributed by atoms with Crippen LogP contribution in [0.3, 0.4) is 0 Å². The number of nitrogens with zero attached hydrogens (tertiary/aromatic N) is 2. The van der Waals surface area contributed by atoms with Crippen molar-refractivity contribution < 1.29 is 4.74 Å². The molecule has 0 aliphatic carbocycles. The van der Waals surface area contributed by atoms with Crippen LogP contribution in [0.15, 0.2) is 29.3 Å². The maximum absolute atomic E-state index is 5.44. The van der Waals surface area contributed by atoms with Gasteiger partial charge in [0, 0.05) is 13.0 Å². The number of ether oxygens (including phenoxy) is 1. The number of benzene rings is 1. The Labute approximate surface area is 140 Å². The summed E-state index contributed by atoms with van der Waals surface area (Å²) in [6.07, 6.45) is 4.96. The molecule has 1 aromatic rings. The summed E-state index contributed by atoms with van der Waals surface area (Å²) in [7, 11) is 1.70. The molecule has 1 aliphatic heterocycles. The maximum Gasteiger partial charge on any atom is 0.142 e. The second-order valence-corrected chi connectivity index (χ2v) is 7.21. The molecule has 0 radical (unpaired) electrons. The quantitative estimate of drug-likeness (QED) is 0.654. The number of aliphatic imine (C=N–C) groups is 1. The van der Waals surface area contributed by atoms with Crippen molar-refractivity contribution in [3.63, 3.8) is 0 Å². The van der Waals surface area contributed by atoms with Crippen LogP contribution in [0.4, 0.5) is 5.69 Å². The predicted molar refractivity (Wildman–Crippen MR) is 98.7 cm³/mol. The van der Waals surface area contributed by atoms with E-state index in [-0.39, 0.29) is 5.54 Å². The van der Waals surface area contributed by atoms with E-state index in [1.54, 1.807) is 7.11 Å². The third kappa shape index (κ3) is 6.22. The first-order chi connectivity index (χ1) is 11.0. The molecule has 1 fully saturated rings. The van der Waals surface area contributed by atoms with Gasteiger partial charge in [-0.25, -0.2) is 0 Å². The summed E-state index contributed by atoms with van der Waals surface area (Å²) in [5.41, 5.74) is 0.892. The molecule has 1 heterocycles. The summed E-state index contributed by atoms with van der Waals surface area (Å²) in [6.45, 7) is 9.92. The van der Waals surface area contributed by atoms with Gasteiger partial charge in [0.1, 0.15) is 11.6 Å². The van der Waals surface area contributed by atoms with E-state index < -0.39 is 0 Å². The molecule has 0 spiro atoms. The second kappa shape index (κ2) is 8.34. The molecule has 1 N–H and O–H groups in total. The van der Waals surface area contributed by atoms with Gasteiger partial charge in [-0.1, -0.05) is 18.6 Å². The fourth-order valence-electron chi connectivity index (χ4n) is 2.90. The topological polar surface area (TPSA) is 36.9 Å². The SMILES string of the molecule is COc1ccccc1NC(CCN1CCCCC1)=NC(C)(C)C. The lowest BCUT2D eigenvalue weighted by Gasteiger charge is -2.27. The molecule has 0 amide bonds. The number of piperidine rings is 1. The molecule has 1 aliphatic rings. The van der Waals surface area contributed by atoms with Crippen molar-refractivity contribution in [2.45, 2.75) is 52.0 Å². The van der Waals surface area contributed by atoms with Gasteiger partial charge >= 0.3 is 0 Å². The molecule has 0 saturated carbocycles. The lowest BCUT2D eigenvalue weighted by molar-refractivity contribution is 0.235. The zero-order chi connectivity index (χ0) is 16.7. The zero-order valence-electron chi connectivity index (χ0n) is 15.1. The number of methoxy groups -OCH3 is 1. The van der Waals surface area contributed by atoms with Crippen LogP contribution in [0, 0.1) is 0 Å². The van der Waals surface area contributed by atoms with E-state index in [2.05, 4.69) is 31.0 Å². The monoisotopic (exact) mass is 317 g/mol. The van der Waals surface area contributed by atoms with E-state index in [1.165, 1.54) is 32.4 Å². The molecular formula is C19H31N3O. The van der Waals surface area contributed by atoms with Crippen molar-refractivity contribution in [1.29, 1.82) is 0 Å². The molecule has 1 aromatic carbocycles. The number of hydrogen-bond donors (Lipinski definition) is 1. The minimum absolute atomic E-state index is 0.0910. The van der Waals surface area contributed by atoms with E-state index in [0.29, 0.717) is 0 Å². The maximum atomic E-state index is 5.44. The third-order valence-electron chi connectivity index (χ3n) is 3.97. The smallest absolute Gasteiger partial charge is 0.142 e. The standard InChI is InChI=1S/C19H31N3O/c1-19(2,3)21-18(12-15-22-13-8-5-9-14-22)20-16-10-6-7-11-17(16)23-4/h6-7,10-11H,5,8-9,12-15H2,1-4H3,(H,20,21). The fraction of sp³-hybridized carbons (Fsp3) is 0.632. The summed E-state index contributed by atoms with van der Waals surface area (Å²) >= 11 is 0. The van der Waals surface area contributed by atoms with Gasteiger partial charge in [0.05, 0.1) is 18.3 Å². The highest BCUT2D eigenvalue weighted by Gasteiger charge is 2.15. The highest BCUT2D eigenvalue weighted by molar-refractivity contribution is 5.97. The highest BCUT2D eigenvalue weighted by atomic mass is 16.5. The molecule has 4 heteroatoms. The largest absolute Gasteiger partial charge is 0.495 e. The van der Waals surface area contributed by atoms with Gasteiger partial charge in [-0.05, 0) is 58.8 Å². The van der Waals surface area contributed by atoms with Crippen molar-refractivity contribution >= 4 is 11.5 Å². The zero-order valence-corrected chi connectivity index (χ0v) is 15.1. The van der Waals surface area contributed by atoms with Crippen LogP contribution in [0.2, 0.25) is 0 Å². The summed E-state index contributed by atoms with van der Waals surface area (Å²) in [5, 5.41) is 3.49. The minimum Gasteiger partial charge on any atom is -0.495 e. The van der Waals surface area contributed by atoms with Crippen LogP contribution in [0.5, 0.6) is 5.75 Å². The van der Waals surface area contributed by atoms with E-state index in [4.69, 9.17) is 9.73 Å². The van der Waals surface area contributed by atoms with Gasteiger partial charge in [-0.15, -0.1) is 0 Å². The average Bonchev–Trinajstić information content (AvgIpc) is 2.53. The lowest BCUT2D eigenvalue weighted by Crippen LogP contribution is -2.33. The van der Waals surface area contributed by atoms with Gasteiger partial charge in [0.25, 0.3) is 0 Å². The molecule has 23 heavy (non-hydrogen) atoms. The highest BCUT2D eigenvalue weighted by Crippen LogP contribution is 2.24. The van der Waals surface area contributed by atoms with Crippen molar-refractivity contribution in [3.8, 4) is 5.75 Å². The molecular weight excluding hydrogens is 286 g/mol. The number of likely N-dealkylation sites (tertiary alicyclic amines) is 1. The van der Waals surface area contributed by atoms with Crippen LogP contribution in [-0.4, -0.2) is 43.0 Å². The Morgan fingerprint density at radius 1 is 1.17 bits per heavy atom. The molecule has 128 valence electrons. The van der Waals surface area contributed by atoms with Crippen LogP contribution in [0.1, 0.15) is 46.5 Å². The molecule has 0 atom stereocenters. The Hall–Kier alpha value is -1.55. The van der Waals surface area contributed by atoms with Crippen LogP contribution in [-0.2, 0) is 0 Å². The van der Waals surface area contributed by atoms with Crippen molar-refractivity contribution in [3.05, 3.63) is 24.3 Å². The molecule has 0 aromatic heterocycles. The summed E-state index contributed by atoms with van der Waals surface area (Å²) < 4.78 is 5.44. The number of hydrogen-bond acceptors (Lipinski definition) is 3. The van der Waals surface area contributed by atoms with Gasteiger partial charge < -0.3 is 15.0 Å². The van der Waals surface area contributed by atoms with Crippen molar-refractivity contribution in [2.75, 3.05) is 32.1 Å². The summed E-state index contributed by atoms with van der Waals surface area (Å²) in [6, 6.07) is 8.02. The molecule has 4 nitrogen and oxygen atoms in total. The van der Waals surface area contributed by atoms with Crippen LogP contribution >= 0.6 is 0 Å².